The maximum Gasteiger partial charge on any atom is 0.0468 e. The first-order chi connectivity index (χ1) is 7.86. The van der Waals surface area contributed by atoms with Gasteiger partial charge in [0.25, 0.3) is 0 Å². The second kappa shape index (κ2) is 9.00. The lowest BCUT2D eigenvalue weighted by Gasteiger charge is -2.19. The fraction of sp³-hybridized carbons (Fsp3) is 1.00. The molecule has 0 aromatic heterocycles. The molecule has 16 heavy (non-hydrogen) atoms. The minimum absolute atomic E-state index is 0.962. The molecule has 2 aliphatic rings. The van der Waals surface area contributed by atoms with Crippen molar-refractivity contribution in [2.75, 3.05) is 26.4 Å². The van der Waals surface area contributed by atoms with Gasteiger partial charge in [-0.1, -0.05) is 26.7 Å². The summed E-state index contributed by atoms with van der Waals surface area (Å²) in [4.78, 5) is 0. The van der Waals surface area contributed by atoms with Crippen LogP contribution in [0.3, 0.4) is 0 Å². The lowest BCUT2D eigenvalue weighted by Crippen LogP contribution is -2.14. The van der Waals surface area contributed by atoms with E-state index in [0.29, 0.717) is 0 Å². The maximum absolute atomic E-state index is 5.20. The van der Waals surface area contributed by atoms with Gasteiger partial charge in [0.05, 0.1) is 0 Å². The molecule has 0 atom stereocenters. The first-order valence-corrected chi connectivity index (χ1v) is 7.02. The average Bonchev–Trinajstić information content (AvgIpc) is 2.41. The summed E-state index contributed by atoms with van der Waals surface area (Å²) in [6.45, 7) is 8.51. The summed E-state index contributed by atoms with van der Waals surface area (Å²) < 4.78 is 10.4. The first-order valence-electron chi connectivity index (χ1n) is 7.02. The van der Waals surface area contributed by atoms with Crippen LogP contribution in [-0.2, 0) is 9.47 Å². The van der Waals surface area contributed by atoms with Crippen LogP contribution in [0, 0.1) is 11.8 Å². The summed E-state index contributed by atoms with van der Waals surface area (Å²) in [7, 11) is 0. The molecule has 0 N–H and O–H groups in total. The van der Waals surface area contributed by atoms with E-state index in [1.165, 1.54) is 38.5 Å². The topological polar surface area (TPSA) is 18.5 Å². The highest BCUT2D eigenvalue weighted by Gasteiger charge is 2.10. The van der Waals surface area contributed by atoms with Crippen LogP contribution in [0.2, 0.25) is 0 Å². The summed E-state index contributed by atoms with van der Waals surface area (Å²) in [5.41, 5.74) is 0. The molecule has 0 amide bonds. The first kappa shape index (κ1) is 14.0. The molecule has 2 rings (SSSR count). The Kier molecular flexibility index (Phi) is 7.87. The third kappa shape index (κ3) is 5.86. The summed E-state index contributed by atoms with van der Waals surface area (Å²) >= 11 is 0. The highest BCUT2D eigenvalue weighted by molar-refractivity contribution is 4.60. The van der Waals surface area contributed by atoms with Gasteiger partial charge in [0.1, 0.15) is 0 Å². The number of ether oxygens (including phenoxy) is 2. The van der Waals surface area contributed by atoms with Gasteiger partial charge in [-0.15, -0.1) is 0 Å². The molecule has 2 heteroatoms. The van der Waals surface area contributed by atoms with Crippen molar-refractivity contribution in [2.45, 2.75) is 52.4 Å². The molecule has 0 aromatic carbocycles. The van der Waals surface area contributed by atoms with Crippen molar-refractivity contribution in [3.05, 3.63) is 0 Å². The Morgan fingerprint density at radius 2 is 1.00 bits per heavy atom. The number of rotatable bonds is 2. The minimum Gasteiger partial charge on any atom is -0.381 e. The van der Waals surface area contributed by atoms with Gasteiger partial charge in [-0.05, 0) is 37.5 Å². The summed E-state index contributed by atoms with van der Waals surface area (Å²) in [6, 6.07) is 0. The van der Waals surface area contributed by atoms with Crippen molar-refractivity contribution < 1.29 is 9.47 Å². The Hall–Kier alpha value is -0.0800. The van der Waals surface area contributed by atoms with E-state index in [0.717, 1.165) is 38.3 Å². The van der Waals surface area contributed by atoms with E-state index in [4.69, 9.17) is 9.47 Å². The van der Waals surface area contributed by atoms with E-state index < -0.39 is 0 Å². The molecule has 0 aliphatic carbocycles. The van der Waals surface area contributed by atoms with Crippen molar-refractivity contribution >= 4 is 0 Å². The van der Waals surface area contributed by atoms with E-state index in [1.54, 1.807) is 0 Å². The zero-order chi connectivity index (χ0) is 11.6. The normalized spacial score (nSPS) is 23.6. The van der Waals surface area contributed by atoms with Crippen LogP contribution in [0.1, 0.15) is 52.4 Å². The van der Waals surface area contributed by atoms with Gasteiger partial charge in [0, 0.05) is 26.4 Å². The van der Waals surface area contributed by atoms with Gasteiger partial charge < -0.3 is 9.47 Å². The monoisotopic (exact) mass is 228 g/mol. The van der Waals surface area contributed by atoms with E-state index in [-0.39, 0.29) is 0 Å². The van der Waals surface area contributed by atoms with Gasteiger partial charge >= 0.3 is 0 Å². The molecular formula is C14H28O2. The highest BCUT2D eigenvalue weighted by atomic mass is 16.5. The molecule has 2 fully saturated rings. The Balaban J connectivity index is 0.000000160. The van der Waals surface area contributed by atoms with E-state index >= 15 is 0 Å². The summed E-state index contributed by atoms with van der Waals surface area (Å²) in [5.74, 6) is 1.92. The van der Waals surface area contributed by atoms with E-state index in [2.05, 4.69) is 13.8 Å². The molecule has 0 spiro atoms. The molecule has 0 unspecified atom stereocenters. The van der Waals surface area contributed by atoms with Crippen LogP contribution in [0.5, 0.6) is 0 Å². The zero-order valence-corrected chi connectivity index (χ0v) is 11.0. The molecule has 0 bridgehead atoms. The second-order valence-electron chi connectivity index (χ2n) is 4.93. The standard InChI is InChI=1S/2C7H14O/c2*1-2-7-3-5-8-6-4-7/h2*7H,2-6H2,1H3. The van der Waals surface area contributed by atoms with Crippen LogP contribution in [0.15, 0.2) is 0 Å². The van der Waals surface area contributed by atoms with Crippen molar-refractivity contribution in [3.8, 4) is 0 Å². The predicted molar refractivity (Wildman–Crippen MR) is 67.7 cm³/mol. The molecule has 2 heterocycles. The molecule has 0 saturated carbocycles. The predicted octanol–water partition coefficient (Wildman–Crippen LogP) is 3.65. The van der Waals surface area contributed by atoms with Crippen LogP contribution in [-0.4, -0.2) is 26.4 Å². The van der Waals surface area contributed by atoms with Crippen LogP contribution in [0.4, 0.5) is 0 Å². The molecule has 96 valence electrons. The third-order valence-corrected chi connectivity index (χ3v) is 3.84. The van der Waals surface area contributed by atoms with Crippen LogP contribution in [0.25, 0.3) is 0 Å². The highest BCUT2D eigenvalue weighted by Crippen LogP contribution is 2.17. The third-order valence-electron chi connectivity index (χ3n) is 3.84. The molecule has 2 saturated heterocycles. The quantitative estimate of drug-likeness (QED) is 0.718. The lowest BCUT2D eigenvalue weighted by molar-refractivity contribution is 0.0653. The van der Waals surface area contributed by atoms with Gasteiger partial charge in [-0.25, -0.2) is 0 Å². The Morgan fingerprint density at radius 3 is 1.19 bits per heavy atom. The molecular weight excluding hydrogens is 200 g/mol. The van der Waals surface area contributed by atoms with Gasteiger partial charge in [0.2, 0.25) is 0 Å². The largest absolute Gasteiger partial charge is 0.381 e. The molecule has 0 aromatic rings. The van der Waals surface area contributed by atoms with Gasteiger partial charge in [0.15, 0.2) is 0 Å². The van der Waals surface area contributed by atoms with E-state index in [1.807, 2.05) is 0 Å². The van der Waals surface area contributed by atoms with Crippen LogP contribution >= 0.6 is 0 Å². The Bertz CT molecular complexity index is 129. The summed E-state index contributed by atoms with van der Waals surface area (Å²) in [6.07, 6.45) is 7.83. The maximum atomic E-state index is 5.20. The van der Waals surface area contributed by atoms with Crippen molar-refractivity contribution in [1.29, 1.82) is 0 Å². The number of hydrogen-bond acceptors (Lipinski definition) is 2. The van der Waals surface area contributed by atoms with Crippen molar-refractivity contribution in [1.82, 2.24) is 0 Å². The minimum atomic E-state index is 0.962. The van der Waals surface area contributed by atoms with Crippen molar-refractivity contribution in [2.24, 2.45) is 11.8 Å². The fourth-order valence-electron chi connectivity index (χ4n) is 2.31. The van der Waals surface area contributed by atoms with Gasteiger partial charge in [-0.2, -0.15) is 0 Å². The van der Waals surface area contributed by atoms with Gasteiger partial charge in [-0.3, -0.25) is 0 Å². The SMILES string of the molecule is CCC1CCOCC1.CCC1CCOCC1. The lowest BCUT2D eigenvalue weighted by atomic mass is 9.98. The average molecular weight is 228 g/mol. The Morgan fingerprint density at radius 1 is 0.688 bits per heavy atom. The zero-order valence-electron chi connectivity index (χ0n) is 11.0. The molecule has 2 nitrogen and oxygen atoms in total. The van der Waals surface area contributed by atoms with Crippen LogP contribution < -0.4 is 0 Å². The smallest absolute Gasteiger partial charge is 0.0468 e. The number of hydrogen-bond donors (Lipinski definition) is 0. The Labute approximate surface area is 101 Å². The molecule has 2 aliphatic heterocycles. The second-order valence-corrected chi connectivity index (χ2v) is 4.93. The fourth-order valence-corrected chi connectivity index (χ4v) is 2.31. The molecule has 0 radical (unpaired) electrons. The van der Waals surface area contributed by atoms with E-state index in [9.17, 15) is 0 Å². The van der Waals surface area contributed by atoms with Crippen molar-refractivity contribution in [3.63, 3.8) is 0 Å². The summed E-state index contributed by atoms with van der Waals surface area (Å²) in [5, 5.41) is 0.